The fourth-order valence-corrected chi connectivity index (χ4v) is 1.95. The monoisotopic (exact) mass is 316 g/mol. The first-order valence-electron chi connectivity index (χ1n) is 5.08. The lowest BCUT2D eigenvalue weighted by molar-refractivity contribution is 0.242. The molecule has 0 amide bonds. The maximum atomic E-state index is 6.01. The number of aromatic nitrogens is 2. The molecule has 1 heterocycles. The van der Waals surface area contributed by atoms with Crippen molar-refractivity contribution in [3.8, 4) is 5.75 Å². The summed E-state index contributed by atoms with van der Waals surface area (Å²) in [6.45, 7) is 2.18. The third-order valence-electron chi connectivity index (χ3n) is 2.07. The van der Waals surface area contributed by atoms with Crippen molar-refractivity contribution in [2.24, 2.45) is 0 Å². The third-order valence-corrected chi connectivity index (χ3v) is 2.86. The summed E-state index contributed by atoms with van der Waals surface area (Å²) in [6.07, 6.45) is 0.739. The summed E-state index contributed by atoms with van der Waals surface area (Å²) in [5, 5.41) is 4.31. The number of benzene rings is 1. The van der Waals surface area contributed by atoms with Crippen LogP contribution in [0.25, 0.3) is 0 Å². The van der Waals surface area contributed by atoms with Crippen molar-refractivity contribution in [1.82, 2.24) is 10.1 Å². The number of ether oxygens (including phenoxy) is 1. The van der Waals surface area contributed by atoms with Crippen molar-refractivity contribution in [3.05, 3.63) is 39.4 Å². The minimum atomic E-state index is 0.217. The normalized spacial score (nSPS) is 10.5. The van der Waals surface area contributed by atoms with Crippen LogP contribution < -0.4 is 4.74 Å². The Balaban J connectivity index is 2.02. The zero-order valence-corrected chi connectivity index (χ0v) is 11.5. The van der Waals surface area contributed by atoms with Gasteiger partial charge >= 0.3 is 0 Å². The van der Waals surface area contributed by atoms with E-state index in [1.165, 1.54) is 0 Å². The van der Waals surface area contributed by atoms with Crippen molar-refractivity contribution in [1.29, 1.82) is 0 Å². The second-order valence-corrected chi connectivity index (χ2v) is 4.64. The Kier molecular flexibility index (Phi) is 4.02. The van der Waals surface area contributed by atoms with Gasteiger partial charge in [-0.25, -0.2) is 0 Å². The van der Waals surface area contributed by atoms with Crippen LogP contribution in [0, 0.1) is 0 Å². The van der Waals surface area contributed by atoms with Gasteiger partial charge in [0.25, 0.3) is 5.89 Å². The van der Waals surface area contributed by atoms with E-state index >= 15 is 0 Å². The number of hydrogen-bond donors (Lipinski definition) is 0. The summed E-state index contributed by atoms with van der Waals surface area (Å²) < 4.78 is 11.4. The highest BCUT2D eigenvalue weighted by Gasteiger charge is 2.07. The maximum Gasteiger partial charge on any atom is 0.264 e. The van der Waals surface area contributed by atoms with Crippen LogP contribution in [0.4, 0.5) is 0 Å². The molecule has 0 fully saturated rings. The fourth-order valence-electron chi connectivity index (χ4n) is 1.22. The van der Waals surface area contributed by atoms with Gasteiger partial charge in [0.15, 0.2) is 12.4 Å². The Morgan fingerprint density at radius 2 is 2.29 bits per heavy atom. The molecular formula is C11H10BrClN2O2. The molecule has 0 N–H and O–H groups in total. The molecule has 0 unspecified atom stereocenters. The molecule has 6 heteroatoms. The average Bonchev–Trinajstić information content (AvgIpc) is 2.76. The summed E-state index contributed by atoms with van der Waals surface area (Å²) >= 11 is 9.33. The first kappa shape index (κ1) is 12.4. The lowest BCUT2D eigenvalue weighted by atomic mass is 10.3. The fraction of sp³-hybridized carbons (Fsp3) is 0.273. The number of halogens is 2. The van der Waals surface area contributed by atoms with Gasteiger partial charge in [0.2, 0.25) is 0 Å². The van der Waals surface area contributed by atoms with E-state index in [-0.39, 0.29) is 6.61 Å². The van der Waals surface area contributed by atoms with Gasteiger partial charge in [0.1, 0.15) is 5.75 Å². The van der Waals surface area contributed by atoms with Gasteiger partial charge in [0, 0.05) is 10.9 Å². The molecule has 0 aliphatic rings. The van der Waals surface area contributed by atoms with E-state index in [0.717, 1.165) is 10.9 Å². The quantitative estimate of drug-likeness (QED) is 0.864. The summed E-state index contributed by atoms with van der Waals surface area (Å²) in [5.41, 5.74) is 0. The maximum absolute atomic E-state index is 6.01. The minimum Gasteiger partial charge on any atom is -0.482 e. The molecule has 0 radical (unpaired) electrons. The largest absolute Gasteiger partial charge is 0.482 e. The van der Waals surface area contributed by atoms with E-state index in [0.29, 0.717) is 22.5 Å². The first-order chi connectivity index (χ1) is 8.19. The van der Waals surface area contributed by atoms with Crippen LogP contribution in [0.2, 0.25) is 5.02 Å². The highest BCUT2D eigenvalue weighted by Crippen LogP contribution is 2.28. The molecule has 0 spiro atoms. The molecule has 0 saturated carbocycles. The van der Waals surface area contributed by atoms with E-state index in [9.17, 15) is 0 Å². The van der Waals surface area contributed by atoms with Gasteiger partial charge in [-0.15, -0.1) is 0 Å². The van der Waals surface area contributed by atoms with Crippen molar-refractivity contribution >= 4 is 27.5 Å². The smallest absolute Gasteiger partial charge is 0.264 e. The topological polar surface area (TPSA) is 48.2 Å². The minimum absolute atomic E-state index is 0.217. The molecule has 2 rings (SSSR count). The van der Waals surface area contributed by atoms with Crippen LogP contribution in [0.15, 0.2) is 27.2 Å². The lowest BCUT2D eigenvalue weighted by Gasteiger charge is -2.05. The zero-order chi connectivity index (χ0) is 12.3. The molecular weight excluding hydrogens is 307 g/mol. The predicted octanol–water partition coefficient (Wildman–Crippen LogP) is 3.63. The molecule has 4 nitrogen and oxygen atoms in total. The van der Waals surface area contributed by atoms with Crippen LogP contribution in [-0.2, 0) is 13.0 Å². The second kappa shape index (κ2) is 5.51. The Labute approximate surface area is 112 Å². The van der Waals surface area contributed by atoms with Crippen molar-refractivity contribution in [2.45, 2.75) is 20.0 Å². The van der Waals surface area contributed by atoms with E-state index in [4.69, 9.17) is 20.9 Å². The van der Waals surface area contributed by atoms with Crippen molar-refractivity contribution < 1.29 is 9.26 Å². The van der Waals surface area contributed by atoms with Crippen LogP contribution in [0.1, 0.15) is 18.6 Å². The predicted molar refractivity (Wildman–Crippen MR) is 67.2 cm³/mol. The zero-order valence-electron chi connectivity index (χ0n) is 9.11. The Morgan fingerprint density at radius 3 is 2.94 bits per heavy atom. The van der Waals surface area contributed by atoms with Gasteiger partial charge in [-0.2, -0.15) is 4.98 Å². The van der Waals surface area contributed by atoms with E-state index < -0.39 is 0 Å². The summed E-state index contributed by atoms with van der Waals surface area (Å²) in [4.78, 5) is 4.14. The van der Waals surface area contributed by atoms with Crippen LogP contribution in [0.5, 0.6) is 5.75 Å². The van der Waals surface area contributed by atoms with Crippen LogP contribution in [0.3, 0.4) is 0 Å². The number of rotatable bonds is 4. The molecule has 0 saturated heterocycles. The van der Waals surface area contributed by atoms with E-state index in [1.807, 2.05) is 13.0 Å². The van der Waals surface area contributed by atoms with Crippen molar-refractivity contribution in [2.75, 3.05) is 0 Å². The molecule has 2 aromatic rings. The molecule has 17 heavy (non-hydrogen) atoms. The van der Waals surface area contributed by atoms with Gasteiger partial charge < -0.3 is 9.26 Å². The highest BCUT2D eigenvalue weighted by molar-refractivity contribution is 9.10. The van der Waals surface area contributed by atoms with Gasteiger partial charge in [-0.3, -0.25) is 0 Å². The van der Waals surface area contributed by atoms with Crippen LogP contribution >= 0.6 is 27.5 Å². The number of aryl methyl sites for hydroxylation is 1. The molecule has 1 aromatic carbocycles. The van der Waals surface area contributed by atoms with E-state index in [1.54, 1.807) is 12.1 Å². The summed E-state index contributed by atoms with van der Waals surface area (Å²) in [5.74, 6) is 1.71. The molecule has 0 bridgehead atoms. The van der Waals surface area contributed by atoms with Gasteiger partial charge in [-0.05, 0) is 18.2 Å². The number of hydrogen-bond acceptors (Lipinski definition) is 4. The third kappa shape index (κ3) is 3.20. The summed E-state index contributed by atoms with van der Waals surface area (Å²) in [7, 11) is 0. The first-order valence-corrected chi connectivity index (χ1v) is 6.25. The Morgan fingerprint density at radius 1 is 1.47 bits per heavy atom. The molecule has 0 aliphatic carbocycles. The number of nitrogens with zero attached hydrogens (tertiary/aromatic N) is 2. The highest BCUT2D eigenvalue weighted by atomic mass is 79.9. The van der Waals surface area contributed by atoms with Gasteiger partial charge in [-0.1, -0.05) is 39.6 Å². The SMILES string of the molecule is CCc1noc(COc2ccc(Br)cc2Cl)n1. The molecule has 0 aliphatic heterocycles. The standard InChI is InChI=1S/C11H10BrClN2O2/c1-2-10-14-11(17-15-10)6-16-9-4-3-7(12)5-8(9)13/h3-5H,2,6H2,1H3. The second-order valence-electron chi connectivity index (χ2n) is 3.32. The molecule has 0 atom stereocenters. The van der Waals surface area contributed by atoms with E-state index in [2.05, 4.69) is 26.1 Å². The Bertz CT molecular complexity index is 516. The average molecular weight is 318 g/mol. The molecule has 1 aromatic heterocycles. The summed E-state index contributed by atoms with van der Waals surface area (Å²) in [6, 6.07) is 5.40. The van der Waals surface area contributed by atoms with Crippen molar-refractivity contribution in [3.63, 3.8) is 0 Å². The molecule has 90 valence electrons. The lowest BCUT2D eigenvalue weighted by Crippen LogP contribution is -1.96. The Hall–Kier alpha value is -1.07. The van der Waals surface area contributed by atoms with Gasteiger partial charge in [0.05, 0.1) is 5.02 Å². The van der Waals surface area contributed by atoms with Crippen LogP contribution in [-0.4, -0.2) is 10.1 Å².